The summed E-state index contributed by atoms with van der Waals surface area (Å²) < 4.78 is 0. The summed E-state index contributed by atoms with van der Waals surface area (Å²) in [6.45, 7) is 35.7. The summed E-state index contributed by atoms with van der Waals surface area (Å²) in [6, 6.07) is 0. The largest absolute Gasteiger partial charge is 0.350 e. The fraction of sp³-hybridized carbons (Fsp3) is 0.955. The smallest absolute Gasteiger partial charge is 0.230 e. The van der Waals surface area contributed by atoms with Gasteiger partial charge in [0.15, 0.2) is 0 Å². The molecule has 0 aromatic rings. The molecule has 57 heavy (non-hydrogen) atoms. The first-order chi connectivity index (χ1) is 25.7. The molecule has 4 aliphatic rings. The highest BCUT2D eigenvalue weighted by Crippen LogP contribution is 2.55. The quantitative estimate of drug-likeness (QED) is 0.204. The van der Waals surface area contributed by atoms with Gasteiger partial charge in [-0.3, -0.25) is 9.59 Å². The predicted molar refractivity (Wildman–Crippen MR) is 231 cm³/mol. The molecule has 0 aromatic heterocycles. The van der Waals surface area contributed by atoms with Crippen LogP contribution in [0.5, 0.6) is 0 Å². The predicted octanol–water partition coefficient (Wildman–Crippen LogP) is 7.52. The van der Waals surface area contributed by atoms with Gasteiger partial charge in [0.05, 0.1) is 39.9 Å². The van der Waals surface area contributed by atoms with Crippen molar-refractivity contribution in [2.24, 2.45) is 11.8 Å². The Morgan fingerprint density at radius 1 is 0.439 bits per heavy atom. The van der Waals surface area contributed by atoms with E-state index in [9.17, 15) is 9.59 Å². The maximum absolute atomic E-state index is 14.3. The minimum absolute atomic E-state index is 0.0316. The lowest BCUT2D eigenvalue weighted by molar-refractivity contribution is -0.296. The van der Waals surface area contributed by atoms with Crippen LogP contribution in [0.15, 0.2) is 0 Å². The van der Waals surface area contributed by atoms with Crippen molar-refractivity contribution in [3.63, 3.8) is 0 Å². The summed E-state index contributed by atoms with van der Waals surface area (Å²) in [4.78, 5) is 52.7. The third-order valence-corrected chi connectivity index (χ3v) is 14.8. The first kappa shape index (κ1) is 48.6. The van der Waals surface area contributed by atoms with E-state index in [1.165, 1.54) is 11.8 Å². The Hall–Kier alpha value is -1.03. The van der Waals surface area contributed by atoms with Gasteiger partial charge in [-0.05, 0) is 174 Å². The number of rotatable bonds is 12. The van der Waals surface area contributed by atoms with Crippen LogP contribution in [0.1, 0.15) is 162 Å². The zero-order valence-corrected chi connectivity index (χ0v) is 40.7. The van der Waals surface area contributed by atoms with Crippen molar-refractivity contribution < 1.29 is 28.9 Å². The van der Waals surface area contributed by atoms with Gasteiger partial charge in [-0.1, -0.05) is 0 Å². The molecule has 0 saturated carbocycles. The molecular formula is C44H84N6O6S. The van der Waals surface area contributed by atoms with E-state index in [1.807, 2.05) is 0 Å². The lowest BCUT2D eigenvalue weighted by atomic mass is 9.58. The SMILES string of the molecule is CON1C(C)(C)CC(C2(NC(=O)CSCC(=O)NC3(C4CC(C)(C)N(OC)C(C)(C)C4)CC(C)(C)N(OC)C(C)(C)C3)CC(C)(C)N(OC)C(C)(C)C2)CC1(C)C. The summed E-state index contributed by atoms with van der Waals surface area (Å²) in [7, 11) is 7.01. The van der Waals surface area contributed by atoms with Gasteiger partial charge in [0.2, 0.25) is 11.8 Å². The highest BCUT2D eigenvalue weighted by atomic mass is 32.2. The number of hydrogen-bond acceptors (Lipinski definition) is 11. The Bertz CT molecular complexity index is 1280. The van der Waals surface area contributed by atoms with Crippen LogP contribution in [0.3, 0.4) is 0 Å². The molecule has 4 rings (SSSR count). The average molecular weight is 825 g/mol. The number of nitrogens with one attached hydrogen (secondary N) is 2. The first-order valence-corrected chi connectivity index (χ1v) is 22.5. The van der Waals surface area contributed by atoms with Crippen molar-refractivity contribution in [3.05, 3.63) is 0 Å². The van der Waals surface area contributed by atoms with Crippen LogP contribution >= 0.6 is 11.8 Å². The van der Waals surface area contributed by atoms with Crippen LogP contribution in [0, 0.1) is 11.8 Å². The van der Waals surface area contributed by atoms with Gasteiger partial charge in [-0.15, -0.1) is 11.8 Å². The van der Waals surface area contributed by atoms with E-state index in [4.69, 9.17) is 19.4 Å². The monoisotopic (exact) mass is 825 g/mol. The van der Waals surface area contributed by atoms with Crippen molar-refractivity contribution >= 4 is 23.6 Å². The molecule has 12 nitrogen and oxygen atoms in total. The molecule has 4 fully saturated rings. The molecule has 332 valence electrons. The van der Waals surface area contributed by atoms with Gasteiger partial charge in [-0.2, -0.15) is 20.3 Å². The number of piperidine rings is 4. The second-order valence-corrected chi connectivity index (χ2v) is 24.2. The third-order valence-electron chi connectivity index (χ3n) is 13.9. The topological polar surface area (TPSA) is 108 Å². The Labute approximate surface area is 351 Å². The number of carbonyl (C=O) groups is 2. The van der Waals surface area contributed by atoms with Gasteiger partial charge in [0.1, 0.15) is 0 Å². The lowest BCUT2D eigenvalue weighted by Crippen LogP contribution is -2.74. The molecule has 0 aromatic carbocycles. The van der Waals surface area contributed by atoms with Crippen LogP contribution in [-0.4, -0.2) is 127 Å². The summed E-state index contributed by atoms with van der Waals surface area (Å²) in [5, 5.41) is 15.8. The van der Waals surface area contributed by atoms with E-state index in [-0.39, 0.29) is 79.5 Å². The molecule has 4 saturated heterocycles. The molecule has 2 amide bonds. The Balaban J connectivity index is 1.59. The number of nitrogens with zero attached hydrogens (tertiary/aromatic N) is 4. The van der Waals surface area contributed by atoms with Gasteiger partial charge in [0.25, 0.3) is 0 Å². The summed E-state index contributed by atoms with van der Waals surface area (Å²) in [6.07, 6.45) is 6.41. The molecule has 0 atom stereocenters. The molecule has 4 heterocycles. The number of hydrogen-bond donors (Lipinski definition) is 2. The third kappa shape index (κ3) is 9.57. The Morgan fingerprint density at radius 3 is 0.860 bits per heavy atom. The Kier molecular flexibility index (Phi) is 13.7. The van der Waals surface area contributed by atoms with Crippen molar-refractivity contribution in [1.29, 1.82) is 0 Å². The Morgan fingerprint density at radius 2 is 0.649 bits per heavy atom. The van der Waals surface area contributed by atoms with E-state index < -0.39 is 11.1 Å². The summed E-state index contributed by atoms with van der Waals surface area (Å²) in [5.41, 5.74) is -3.37. The summed E-state index contributed by atoms with van der Waals surface area (Å²) in [5.74, 6) is 0.701. The van der Waals surface area contributed by atoms with Crippen LogP contribution in [-0.2, 0) is 28.9 Å². The van der Waals surface area contributed by atoms with Crippen molar-refractivity contribution in [1.82, 2.24) is 30.9 Å². The van der Waals surface area contributed by atoms with Crippen LogP contribution in [0.4, 0.5) is 0 Å². The molecule has 13 heteroatoms. The molecule has 0 bridgehead atoms. The van der Waals surface area contributed by atoms with Crippen molar-refractivity contribution in [2.75, 3.05) is 39.9 Å². The molecule has 0 radical (unpaired) electrons. The normalized spacial score (nSPS) is 29.4. The summed E-state index contributed by atoms with van der Waals surface area (Å²) >= 11 is 1.40. The number of thioether (sulfide) groups is 1. The van der Waals surface area contributed by atoms with E-state index in [2.05, 4.69) is 142 Å². The van der Waals surface area contributed by atoms with Crippen molar-refractivity contribution in [3.8, 4) is 0 Å². The van der Waals surface area contributed by atoms with Gasteiger partial charge >= 0.3 is 0 Å². The zero-order valence-electron chi connectivity index (χ0n) is 39.9. The maximum Gasteiger partial charge on any atom is 0.230 e. The first-order valence-electron chi connectivity index (χ1n) is 21.3. The molecule has 0 aliphatic carbocycles. The second kappa shape index (κ2) is 16.0. The highest BCUT2D eigenvalue weighted by molar-refractivity contribution is 8.00. The molecule has 0 unspecified atom stereocenters. The molecular weight excluding hydrogens is 741 g/mol. The maximum atomic E-state index is 14.3. The molecule has 2 N–H and O–H groups in total. The van der Waals surface area contributed by atoms with Crippen molar-refractivity contribution in [2.45, 2.75) is 218 Å². The van der Waals surface area contributed by atoms with Gasteiger partial charge in [-0.25, -0.2) is 0 Å². The fourth-order valence-electron chi connectivity index (χ4n) is 14.2. The number of carbonyl (C=O) groups excluding carboxylic acids is 2. The molecule has 4 aliphatic heterocycles. The van der Waals surface area contributed by atoms with E-state index in [0.717, 1.165) is 51.4 Å². The standard InChI is InChI=1S/C44H84N6O6S/c1-35(2)21-31(22-36(3,4)47(35)53-17)43(27-39(9,10)49(55-19)40(11,12)28-43)45-33(51)25-57-26-34(52)46-44(29-41(13,14)50(56-20)42(15,16)30-44)32-23-37(5,6)48(54-18)38(7,8)24-32/h31-32H,21-30H2,1-20H3,(H,45,51)(H,46,52). The number of hydroxylamine groups is 8. The molecule has 0 spiro atoms. The minimum Gasteiger partial charge on any atom is -0.350 e. The second-order valence-electron chi connectivity index (χ2n) is 23.2. The average Bonchev–Trinajstić information content (AvgIpc) is 2.97. The van der Waals surface area contributed by atoms with Gasteiger partial charge in [0, 0.05) is 55.4 Å². The highest BCUT2D eigenvalue weighted by Gasteiger charge is 2.62. The van der Waals surface area contributed by atoms with Crippen LogP contribution < -0.4 is 10.6 Å². The lowest BCUT2D eigenvalue weighted by Gasteiger charge is -2.63. The van der Waals surface area contributed by atoms with Gasteiger partial charge < -0.3 is 30.0 Å². The van der Waals surface area contributed by atoms with E-state index >= 15 is 0 Å². The van der Waals surface area contributed by atoms with Crippen LogP contribution in [0.2, 0.25) is 0 Å². The minimum atomic E-state index is -0.497. The fourth-order valence-corrected chi connectivity index (χ4v) is 14.9. The number of amides is 2. The van der Waals surface area contributed by atoms with Crippen LogP contribution in [0.25, 0.3) is 0 Å². The van der Waals surface area contributed by atoms with E-state index in [1.54, 1.807) is 28.4 Å². The zero-order chi connectivity index (χ0) is 43.6. The van der Waals surface area contributed by atoms with E-state index in [0.29, 0.717) is 0 Å².